The molecule has 29 heavy (non-hydrogen) atoms. The van der Waals surface area contributed by atoms with Crippen LogP contribution in [0.15, 0.2) is 54.6 Å². The van der Waals surface area contributed by atoms with Gasteiger partial charge in [0.2, 0.25) is 0 Å². The van der Waals surface area contributed by atoms with E-state index < -0.39 is 0 Å². The molecule has 1 aliphatic rings. The van der Waals surface area contributed by atoms with E-state index in [2.05, 4.69) is 15.1 Å². The van der Waals surface area contributed by atoms with Crippen LogP contribution in [0, 0.1) is 5.82 Å². The predicted molar refractivity (Wildman–Crippen MR) is 108 cm³/mol. The molecule has 6 nitrogen and oxygen atoms in total. The van der Waals surface area contributed by atoms with Gasteiger partial charge < -0.3 is 9.64 Å². The Hall–Kier alpha value is -3.19. The predicted octanol–water partition coefficient (Wildman–Crippen LogP) is 3.18. The van der Waals surface area contributed by atoms with E-state index in [0.29, 0.717) is 24.5 Å². The van der Waals surface area contributed by atoms with Crippen LogP contribution in [-0.4, -0.2) is 59.2 Å². The molecular weight excluding hydrogens is 371 g/mol. The summed E-state index contributed by atoms with van der Waals surface area (Å²) >= 11 is 0. The number of nitrogens with zero attached hydrogens (tertiary/aromatic N) is 3. The van der Waals surface area contributed by atoms with Gasteiger partial charge in [0.1, 0.15) is 17.3 Å². The monoisotopic (exact) mass is 394 g/mol. The number of carbonyl (C=O) groups is 1. The third-order valence-corrected chi connectivity index (χ3v) is 5.15. The summed E-state index contributed by atoms with van der Waals surface area (Å²) in [6.07, 6.45) is 0. The first-order valence-electron chi connectivity index (χ1n) is 9.58. The number of carbonyl (C=O) groups excluding carboxylic acids is 1. The van der Waals surface area contributed by atoms with E-state index in [1.54, 1.807) is 25.3 Å². The second-order valence-electron chi connectivity index (χ2n) is 7.09. The van der Waals surface area contributed by atoms with Crippen molar-refractivity contribution in [3.05, 3.63) is 71.7 Å². The fraction of sp³-hybridized carbons (Fsp3) is 0.273. The van der Waals surface area contributed by atoms with Crippen molar-refractivity contribution in [2.75, 3.05) is 33.3 Å². The van der Waals surface area contributed by atoms with E-state index in [1.165, 1.54) is 12.1 Å². The van der Waals surface area contributed by atoms with Gasteiger partial charge in [-0.15, -0.1) is 0 Å². The molecule has 7 heteroatoms. The van der Waals surface area contributed by atoms with Crippen LogP contribution >= 0.6 is 0 Å². The van der Waals surface area contributed by atoms with Gasteiger partial charge in [-0.1, -0.05) is 24.3 Å². The lowest BCUT2D eigenvalue weighted by Crippen LogP contribution is -2.48. The van der Waals surface area contributed by atoms with Crippen molar-refractivity contribution in [2.24, 2.45) is 0 Å². The SMILES string of the molecule is COc1cccc(-c2cc(C(=O)N3CCN(Cc4ccc(F)cc4)CC3)[nH]n2)c1. The molecule has 1 aliphatic heterocycles. The van der Waals surface area contributed by atoms with Gasteiger partial charge in [0.15, 0.2) is 0 Å². The lowest BCUT2D eigenvalue weighted by molar-refractivity contribution is 0.0622. The highest BCUT2D eigenvalue weighted by molar-refractivity contribution is 5.93. The molecule has 2 heterocycles. The Morgan fingerprint density at radius 1 is 1.10 bits per heavy atom. The molecule has 1 saturated heterocycles. The van der Waals surface area contributed by atoms with E-state index in [4.69, 9.17) is 4.74 Å². The Balaban J connectivity index is 1.36. The third-order valence-electron chi connectivity index (χ3n) is 5.15. The Morgan fingerprint density at radius 3 is 2.59 bits per heavy atom. The highest BCUT2D eigenvalue weighted by Gasteiger charge is 2.23. The fourth-order valence-corrected chi connectivity index (χ4v) is 3.49. The summed E-state index contributed by atoms with van der Waals surface area (Å²) in [5.74, 6) is 0.473. The molecule has 0 aliphatic carbocycles. The number of ether oxygens (including phenoxy) is 1. The van der Waals surface area contributed by atoms with E-state index in [-0.39, 0.29) is 11.7 Å². The summed E-state index contributed by atoms with van der Waals surface area (Å²) in [6, 6.07) is 15.9. The Labute approximate surface area is 168 Å². The first kappa shape index (κ1) is 19.1. The summed E-state index contributed by atoms with van der Waals surface area (Å²) in [5.41, 5.74) is 3.16. The number of aromatic amines is 1. The van der Waals surface area contributed by atoms with E-state index in [9.17, 15) is 9.18 Å². The van der Waals surface area contributed by atoms with Crippen molar-refractivity contribution >= 4 is 5.91 Å². The van der Waals surface area contributed by atoms with Gasteiger partial charge in [0.25, 0.3) is 5.91 Å². The van der Waals surface area contributed by atoms with Crippen LogP contribution in [0.1, 0.15) is 16.1 Å². The van der Waals surface area contributed by atoms with Crippen molar-refractivity contribution < 1.29 is 13.9 Å². The van der Waals surface area contributed by atoms with E-state index in [1.807, 2.05) is 29.2 Å². The standard InChI is InChI=1S/C22H23FN4O2/c1-29-19-4-2-3-17(13-19)20-14-21(25-24-20)22(28)27-11-9-26(10-12-27)15-16-5-7-18(23)8-6-16/h2-8,13-14H,9-12,15H2,1H3,(H,24,25). The van der Waals surface area contributed by atoms with E-state index in [0.717, 1.165) is 36.5 Å². The average molecular weight is 394 g/mol. The molecule has 0 radical (unpaired) electrons. The zero-order chi connectivity index (χ0) is 20.2. The van der Waals surface area contributed by atoms with Gasteiger partial charge in [-0.05, 0) is 35.9 Å². The summed E-state index contributed by atoms with van der Waals surface area (Å²) in [4.78, 5) is 16.9. The van der Waals surface area contributed by atoms with Crippen molar-refractivity contribution in [1.29, 1.82) is 0 Å². The zero-order valence-corrected chi connectivity index (χ0v) is 16.3. The van der Waals surface area contributed by atoms with Crippen LogP contribution < -0.4 is 4.74 Å². The topological polar surface area (TPSA) is 61.5 Å². The first-order valence-corrected chi connectivity index (χ1v) is 9.58. The van der Waals surface area contributed by atoms with Crippen molar-refractivity contribution in [3.63, 3.8) is 0 Å². The van der Waals surface area contributed by atoms with Crippen molar-refractivity contribution in [1.82, 2.24) is 20.0 Å². The Morgan fingerprint density at radius 2 is 1.86 bits per heavy atom. The fourth-order valence-electron chi connectivity index (χ4n) is 3.49. The molecular formula is C22H23FN4O2. The molecule has 0 spiro atoms. The summed E-state index contributed by atoms with van der Waals surface area (Å²) in [6.45, 7) is 3.60. The number of methoxy groups -OCH3 is 1. The second kappa shape index (κ2) is 8.45. The van der Waals surface area contributed by atoms with Crippen LogP contribution in [0.5, 0.6) is 5.75 Å². The summed E-state index contributed by atoms with van der Waals surface area (Å²) < 4.78 is 18.3. The number of hydrogen-bond donors (Lipinski definition) is 1. The minimum Gasteiger partial charge on any atom is -0.497 e. The largest absolute Gasteiger partial charge is 0.497 e. The Bertz CT molecular complexity index is 978. The van der Waals surface area contributed by atoms with Gasteiger partial charge in [-0.2, -0.15) is 5.10 Å². The number of halogens is 1. The highest BCUT2D eigenvalue weighted by Crippen LogP contribution is 2.23. The maximum absolute atomic E-state index is 13.0. The summed E-state index contributed by atoms with van der Waals surface area (Å²) in [7, 11) is 1.62. The molecule has 0 atom stereocenters. The number of H-pyrrole nitrogens is 1. The zero-order valence-electron chi connectivity index (χ0n) is 16.3. The van der Waals surface area contributed by atoms with Crippen LogP contribution in [0.4, 0.5) is 4.39 Å². The lowest BCUT2D eigenvalue weighted by atomic mass is 10.1. The molecule has 4 rings (SSSR count). The number of piperazine rings is 1. The van der Waals surface area contributed by atoms with Gasteiger partial charge >= 0.3 is 0 Å². The van der Waals surface area contributed by atoms with Gasteiger partial charge in [0, 0.05) is 38.3 Å². The maximum Gasteiger partial charge on any atom is 0.271 e. The molecule has 1 N–H and O–H groups in total. The number of rotatable bonds is 5. The van der Waals surface area contributed by atoms with Crippen LogP contribution in [0.25, 0.3) is 11.3 Å². The van der Waals surface area contributed by atoms with Gasteiger partial charge in [0.05, 0.1) is 12.8 Å². The molecule has 0 saturated carbocycles. The Kier molecular flexibility index (Phi) is 5.57. The van der Waals surface area contributed by atoms with Gasteiger partial charge in [-0.3, -0.25) is 14.8 Å². The number of hydrogen-bond acceptors (Lipinski definition) is 4. The van der Waals surface area contributed by atoms with E-state index >= 15 is 0 Å². The molecule has 1 aromatic heterocycles. The maximum atomic E-state index is 13.0. The molecule has 150 valence electrons. The smallest absolute Gasteiger partial charge is 0.271 e. The summed E-state index contributed by atoms with van der Waals surface area (Å²) in [5, 5.41) is 7.15. The van der Waals surface area contributed by atoms with Gasteiger partial charge in [-0.25, -0.2) is 4.39 Å². The lowest BCUT2D eigenvalue weighted by Gasteiger charge is -2.34. The molecule has 0 bridgehead atoms. The van der Waals surface area contributed by atoms with Crippen molar-refractivity contribution in [3.8, 4) is 17.0 Å². The third kappa shape index (κ3) is 4.46. The van der Waals surface area contributed by atoms with Crippen LogP contribution in [0.2, 0.25) is 0 Å². The molecule has 3 aromatic rings. The number of benzene rings is 2. The van der Waals surface area contributed by atoms with Crippen molar-refractivity contribution in [2.45, 2.75) is 6.54 Å². The van der Waals surface area contributed by atoms with Crippen LogP contribution in [-0.2, 0) is 6.54 Å². The number of aromatic nitrogens is 2. The first-order chi connectivity index (χ1) is 14.1. The minimum atomic E-state index is -0.225. The average Bonchev–Trinajstić information content (AvgIpc) is 3.26. The second-order valence-corrected chi connectivity index (χ2v) is 7.09. The molecule has 2 aromatic carbocycles. The quantitative estimate of drug-likeness (QED) is 0.722. The molecule has 1 amide bonds. The number of nitrogens with one attached hydrogen (secondary N) is 1. The normalized spacial score (nSPS) is 14.8. The van der Waals surface area contributed by atoms with Crippen LogP contribution in [0.3, 0.4) is 0 Å². The molecule has 1 fully saturated rings. The number of amides is 1. The minimum absolute atomic E-state index is 0.0481. The molecule has 0 unspecified atom stereocenters. The highest BCUT2D eigenvalue weighted by atomic mass is 19.1.